The van der Waals surface area contributed by atoms with Gasteiger partial charge in [0.2, 0.25) is 16.0 Å². The van der Waals surface area contributed by atoms with E-state index >= 15 is 0 Å². The first-order valence-electron chi connectivity index (χ1n) is 10.8. The van der Waals surface area contributed by atoms with Crippen molar-refractivity contribution in [1.29, 1.82) is 0 Å². The molecule has 2 rings (SSSR count). The zero-order chi connectivity index (χ0) is 29.4. The minimum atomic E-state index is -5.46. The number of nitrogens with two attached hydrogens (primary N) is 2. The van der Waals surface area contributed by atoms with Gasteiger partial charge in [-0.15, -0.1) is 0 Å². The number of oxime groups is 1. The largest absolute Gasteiger partial charge is 0.495 e. The molecule has 0 radical (unpaired) electrons. The Morgan fingerprint density at radius 2 is 1.82 bits per heavy atom. The number of benzene rings is 1. The van der Waals surface area contributed by atoms with Crippen LogP contribution in [-0.2, 0) is 47.7 Å². The van der Waals surface area contributed by atoms with E-state index in [0.717, 1.165) is 4.68 Å². The van der Waals surface area contributed by atoms with Crippen LogP contribution < -0.4 is 20.9 Å². The molecule has 0 aliphatic carbocycles. The molecule has 1 aromatic heterocycles. The normalized spacial score (nSPS) is 12.4. The molecule has 14 nitrogen and oxygen atoms in total. The number of aromatic nitrogens is 2. The summed E-state index contributed by atoms with van der Waals surface area (Å²) in [5, 5.41) is 6.93. The molecule has 2 aromatic rings. The molecule has 0 fully saturated rings. The van der Waals surface area contributed by atoms with Gasteiger partial charge in [0.15, 0.2) is 0 Å². The predicted octanol–water partition coefficient (Wildman–Crippen LogP) is 0.809. The summed E-state index contributed by atoms with van der Waals surface area (Å²) in [4.78, 5) is 35.3. The van der Waals surface area contributed by atoms with E-state index in [1.54, 1.807) is 0 Å². The third kappa shape index (κ3) is 9.48. The lowest BCUT2D eigenvalue weighted by molar-refractivity contribution is -0.286. The van der Waals surface area contributed by atoms with Crippen molar-refractivity contribution in [3.8, 4) is 5.75 Å². The molecule has 0 amide bonds. The topological polar surface area (TPSA) is 199 Å². The maximum absolute atomic E-state index is 13.0. The highest BCUT2D eigenvalue weighted by Gasteiger charge is 2.43. The molecule has 39 heavy (non-hydrogen) atoms. The Bertz CT molecular complexity index is 1300. The molecule has 0 unspecified atom stereocenters. The number of guanidine groups is 1. The average molecular weight is 601 g/mol. The lowest BCUT2D eigenvalue weighted by Gasteiger charge is -2.17. The van der Waals surface area contributed by atoms with Crippen LogP contribution in [0.5, 0.6) is 5.75 Å². The predicted molar refractivity (Wildman–Crippen MR) is 127 cm³/mol. The molecule has 0 aliphatic heterocycles. The number of ether oxygens (including phenoxy) is 1. The lowest BCUT2D eigenvalue weighted by atomic mass is 10.1. The van der Waals surface area contributed by atoms with Gasteiger partial charge in [0.1, 0.15) is 28.4 Å². The number of hydrogen-bond acceptors (Lipinski definition) is 10. The molecule has 0 saturated carbocycles. The minimum Gasteiger partial charge on any atom is -0.493 e. The molecule has 1 heterocycles. The fraction of sp³-hybridized carbons (Fsp3) is 0.400. The summed E-state index contributed by atoms with van der Waals surface area (Å²) in [7, 11) is -3.18. The van der Waals surface area contributed by atoms with Gasteiger partial charge in [-0.2, -0.15) is 23.0 Å². The van der Waals surface area contributed by atoms with Crippen molar-refractivity contribution in [2.45, 2.75) is 36.9 Å². The van der Waals surface area contributed by atoms with Gasteiger partial charge in [0, 0.05) is 13.5 Å². The van der Waals surface area contributed by atoms with E-state index in [0.29, 0.717) is 17.7 Å². The second-order valence-corrected chi connectivity index (χ2v) is 9.68. The first-order chi connectivity index (χ1) is 18.1. The number of nitrogens with one attached hydrogen (secondary N) is 1. The fourth-order valence-electron chi connectivity index (χ4n) is 2.91. The van der Waals surface area contributed by atoms with Crippen LogP contribution in [0.2, 0.25) is 5.15 Å². The lowest BCUT2D eigenvalue weighted by Crippen LogP contribution is -2.44. The number of halogens is 4. The van der Waals surface area contributed by atoms with E-state index in [4.69, 9.17) is 32.6 Å². The molecule has 19 heteroatoms. The Hall–Kier alpha value is -3.77. The third-order valence-electron chi connectivity index (χ3n) is 4.56. The maximum Gasteiger partial charge on any atom is 0.495 e. The molecule has 0 saturated heterocycles. The van der Waals surface area contributed by atoms with Gasteiger partial charge in [-0.1, -0.05) is 23.7 Å². The third-order valence-corrected chi connectivity index (χ3v) is 6.73. The van der Waals surface area contributed by atoms with Gasteiger partial charge in [-0.25, -0.2) is 27.8 Å². The molecule has 1 atom stereocenters. The smallest absolute Gasteiger partial charge is 0.493 e. The number of hydrogen-bond donors (Lipinski definition) is 3. The number of carbonyl (C=O) groups is 2. The van der Waals surface area contributed by atoms with Gasteiger partial charge in [0.05, 0.1) is 12.3 Å². The van der Waals surface area contributed by atoms with E-state index < -0.39 is 45.5 Å². The van der Waals surface area contributed by atoms with Crippen molar-refractivity contribution in [1.82, 2.24) is 14.5 Å². The van der Waals surface area contributed by atoms with Crippen LogP contribution in [0.25, 0.3) is 0 Å². The Morgan fingerprint density at radius 1 is 1.18 bits per heavy atom. The van der Waals surface area contributed by atoms with Crippen molar-refractivity contribution in [3.63, 3.8) is 0 Å². The molecule has 5 N–H and O–H groups in total. The van der Waals surface area contributed by atoms with E-state index in [1.807, 2.05) is 4.72 Å². The number of sulfonamides is 1. The number of carbonyl (C=O) groups excluding carboxylic acids is 2. The molecule has 0 bridgehead atoms. The molecule has 216 valence electrons. The summed E-state index contributed by atoms with van der Waals surface area (Å²) < 4.78 is 71.8. The second-order valence-electron chi connectivity index (χ2n) is 7.67. The van der Waals surface area contributed by atoms with Gasteiger partial charge < -0.3 is 21.0 Å². The molecular formula is C20H24ClF3N6O8S. The first-order valence-corrected chi connectivity index (χ1v) is 12.6. The molecule has 1 aromatic carbocycles. The highest BCUT2D eigenvalue weighted by atomic mass is 35.5. The van der Waals surface area contributed by atoms with Crippen molar-refractivity contribution in [2.24, 2.45) is 23.7 Å². The first kappa shape index (κ1) is 31.4. The van der Waals surface area contributed by atoms with Crippen LogP contribution in [0.4, 0.5) is 13.2 Å². The van der Waals surface area contributed by atoms with Crippen LogP contribution in [0.3, 0.4) is 0 Å². The standard InChI is InChI=1S/C20H24ClF3N6O8S/c1-11-15(16(21)30(2)27-11)39(33,34)29-14(17(31)37-38-18(32)20(22,23)24)10-12-4-6-13(7-5-12)35-8-3-9-36-28-19(25)26/h4-7,14,29H,3,8-10H2,1-2H3,(H4,25,26,28)/t14-/m0/s1. The van der Waals surface area contributed by atoms with Crippen molar-refractivity contribution >= 4 is 39.5 Å². The van der Waals surface area contributed by atoms with Crippen LogP contribution in [0.1, 0.15) is 17.7 Å². The highest BCUT2D eigenvalue weighted by Crippen LogP contribution is 2.25. The summed E-state index contributed by atoms with van der Waals surface area (Å²) in [6.45, 7) is 1.74. The summed E-state index contributed by atoms with van der Waals surface area (Å²) in [5.74, 6) is -4.27. The zero-order valence-corrected chi connectivity index (χ0v) is 22.0. The summed E-state index contributed by atoms with van der Waals surface area (Å²) in [6.07, 6.45) is -5.45. The second kappa shape index (κ2) is 13.3. The molecule has 0 aliphatic rings. The quantitative estimate of drug-likeness (QED) is 0.102. The number of aryl methyl sites for hydroxylation is 2. The Morgan fingerprint density at radius 3 is 2.36 bits per heavy atom. The zero-order valence-electron chi connectivity index (χ0n) is 20.4. The summed E-state index contributed by atoms with van der Waals surface area (Å²) >= 11 is 6.01. The van der Waals surface area contributed by atoms with Crippen molar-refractivity contribution in [2.75, 3.05) is 13.2 Å². The van der Waals surface area contributed by atoms with Crippen LogP contribution in [0, 0.1) is 6.92 Å². The van der Waals surface area contributed by atoms with Crippen LogP contribution in [-0.4, -0.2) is 61.5 Å². The Labute approximate surface area is 224 Å². The average Bonchev–Trinajstić information content (AvgIpc) is 3.10. The van der Waals surface area contributed by atoms with Gasteiger partial charge >= 0.3 is 18.1 Å². The van der Waals surface area contributed by atoms with Crippen LogP contribution in [0.15, 0.2) is 34.3 Å². The van der Waals surface area contributed by atoms with E-state index in [1.165, 1.54) is 38.2 Å². The van der Waals surface area contributed by atoms with Gasteiger partial charge in [-0.3, -0.25) is 4.68 Å². The Balaban J connectivity index is 2.15. The number of alkyl halides is 3. The monoisotopic (exact) mass is 600 g/mol. The van der Waals surface area contributed by atoms with Crippen LogP contribution >= 0.6 is 11.6 Å². The highest BCUT2D eigenvalue weighted by molar-refractivity contribution is 7.89. The van der Waals surface area contributed by atoms with Crippen molar-refractivity contribution < 1.29 is 50.5 Å². The van der Waals surface area contributed by atoms with Gasteiger partial charge in [0.25, 0.3) is 0 Å². The Kier molecular flexibility index (Phi) is 10.8. The van der Waals surface area contributed by atoms with E-state index in [-0.39, 0.29) is 30.0 Å². The van der Waals surface area contributed by atoms with Gasteiger partial charge in [-0.05, 0) is 36.2 Å². The molecular weight excluding hydrogens is 577 g/mol. The maximum atomic E-state index is 13.0. The molecule has 0 spiro atoms. The fourth-order valence-corrected chi connectivity index (χ4v) is 4.85. The van der Waals surface area contributed by atoms with E-state index in [2.05, 4.69) is 20.0 Å². The van der Waals surface area contributed by atoms with Crippen molar-refractivity contribution in [3.05, 3.63) is 40.7 Å². The summed E-state index contributed by atoms with van der Waals surface area (Å²) in [5.41, 5.74) is 10.6. The number of rotatable bonds is 12. The van der Waals surface area contributed by atoms with E-state index in [9.17, 15) is 31.2 Å². The number of nitrogens with zero attached hydrogens (tertiary/aromatic N) is 3. The minimum absolute atomic E-state index is 0.0178. The SMILES string of the molecule is Cc1nn(C)c(Cl)c1S(=O)(=O)N[C@@H](Cc1ccc(OCCCON=C(N)N)cc1)C(=O)OOC(=O)C(F)(F)F. The summed E-state index contributed by atoms with van der Waals surface area (Å²) in [6, 6.07) is 4.07.